The van der Waals surface area contributed by atoms with Crippen LogP contribution in [-0.2, 0) is 4.79 Å². The molecule has 2 heterocycles. The van der Waals surface area contributed by atoms with E-state index in [2.05, 4.69) is 26.3 Å². The van der Waals surface area contributed by atoms with E-state index >= 15 is 0 Å². The molecule has 5 nitrogen and oxygen atoms in total. The van der Waals surface area contributed by atoms with E-state index in [1.807, 2.05) is 0 Å². The molecular weight excluding hydrogens is 300 g/mol. The van der Waals surface area contributed by atoms with Crippen molar-refractivity contribution in [1.29, 1.82) is 0 Å². The van der Waals surface area contributed by atoms with E-state index in [0.717, 1.165) is 37.7 Å². The highest BCUT2D eigenvalue weighted by atomic mass is 16.2. The van der Waals surface area contributed by atoms with Crippen LogP contribution >= 0.6 is 0 Å². The molecule has 4 fully saturated rings. The molecule has 1 amide bonds. The van der Waals surface area contributed by atoms with Crippen LogP contribution in [0.1, 0.15) is 56.6 Å². The van der Waals surface area contributed by atoms with Crippen LogP contribution in [0.4, 0.5) is 5.82 Å². The molecule has 3 aliphatic carbocycles. The molecule has 5 heteroatoms. The van der Waals surface area contributed by atoms with E-state index in [9.17, 15) is 4.79 Å². The lowest BCUT2D eigenvalue weighted by Gasteiger charge is -2.27. The smallest absolute Gasteiger partial charge is 0.223 e. The van der Waals surface area contributed by atoms with Crippen LogP contribution in [0, 0.1) is 17.8 Å². The number of carbonyl (C=O) groups excluding carboxylic acids is 1. The van der Waals surface area contributed by atoms with Gasteiger partial charge in [-0.3, -0.25) is 4.79 Å². The van der Waals surface area contributed by atoms with Crippen LogP contribution < -0.4 is 10.2 Å². The molecule has 1 aromatic rings. The Hall–Kier alpha value is -1.65. The number of aromatic nitrogens is 2. The summed E-state index contributed by atoms with van der Waals surface area (Å²) in [5, 5.41) is 3.38. The summed E-state index contributed by atoms with van der Waals surface area (Å²) < 4.78 is 0. The van der Waals surface area contributed by atoms with Gasteiger partial charge in [-0.25, -0.2) is 9.97 Å². The summed E-state index contributed by atoms with van der Waals surface area (Å²) in [6.07, 6.45) is 10.3. The number of nitrogens with one attached hydrogen (secondary N) is 1. The number of hydrogen-bond acceptors (Lipinski definition) is 4. The van der Waals surface area contributed by atoms with Gasteiger partial charge in [-0.1, -0.05) is 6.42 Å². The molecule has 1 aliphatic heterocycles. The summed E-state index contributed by atoms with van der Waals surface area (Å²) in [4.78, 5) is 23.8. The zero-order valence-electron chi connectivity index (χ0n) is 14.2. The molecule has 128 valence electrons. The Balaban J connectivity index is 1.31. The van der Waals surface area contributed by atoms with Gasteiger partial charge < -0.3 is 10.2 Å². The first-order valence-electron chi connectivity index (χ1n) is 9.65. The minimum Gasteiger partial charge on any atom is -0.354 e. The topological polar surface area (TPSA) is 58.1 Å². The third kappa shape index (κ3) is 2.78. The summed E-state index contributed by atoms with van der Waals surface area (Å²) in [7, 11) is 0. The quantitative estimate of drug-likeness (QED) is 0.903. The Labute approximate surface area is 143 Å². The Morgan fingerprint density at radius 2 is 1.92 bits per heavy atom. The molecule has 0 spiro atoms. The highest BCUT2D eigenvalue weighted by Gasteiger charge is 2.44. The third-order valence-corrected chi connectivity index (χ3v) is 6.39. The SMILES string of the molecule is O=C(N[C@H]1CN(c2cc(C3CC3)ncn2)C[C@@H]1C1CC1)C1CCC1. The average molecular weight is 326 g/mol. The van der Waals surface area contributed by atoms with Crippen molar-refractivity contribution in [3.05, 3.63) is 18.1 Å². The first-order chi connectivity index (χ1) is 11.8. The Kier molecular flexibility index (Phi) is 3.49. The second-order valence-electron chi connectivity index (χ2n) is 8.22. The van der Waals surface area contributed by atoms with Crippen LogP contribution in [0.5, 0.6) is 0 Å². The van der Waals surface area contributed by atoms with Gasteiger partial charge in [0.25, 0.3) is 0 Å². The van der Waals surface area contributed by atoms with Crippen LogP contribution in [0.3, 0.4) is 0 Å². The van der Waals surface area contributed by atoms with Gasteiger partial charge in [0, 0.05) is 42.6 Å². The van der Waals surface area contributed by atoms with Crippen molar-refractivity contribution in [3.8, 4) is 0 Å². The van der Waals surface area contributed by atoms with Crippen LogP contribution in [0.2, 0.25) is 0 Å². The fourth-order valence-electron chi connectivity index (χ4n) is 4.28. The maximum absolute atomic E-state index is 12.4. The minimum atomic E-state index is 0.277. The maximum Gasteiger partial charge on any atom is 0.223 e. The fraction of sp³-hybridized carbons (Fsp3) is 0.737. The van der Waals surface area contributed by atoms with Crippen LogP contribution in [-0.4, -0.2) is 35.0 Å². The number of hydrogen-bond donors (Lipinski definition) is 1. The largest absolute Gasteiger partial charge is 0.354 e. The molecule has 1 saturated heterocycles. The molecule has 5 rings (SSSR count). The summed E-state index contributed by atoms with van der Waals surface area (Å²) >= 11 is 0. The van der Waals surface area contributed by atoms with Crippen molar-refractivity contribution in [1.82, 2.24) is 15.3 Å². The van der Waals surface area contributed by atoms with E-state index < -0.39 is 0 Å². The van der Waals surface area contributed by atoms with Crippen molar-refractivity contribution in [3.63, 3.8) is 0 Å². The van der Waals surface area contributed by atoms with E-state index in [4.69, 9.17) is 0 Å². The maximum atomic E-state index is 12.4. The van der Waals surface area contributed by atoms with Crippen molar-refractivity contribution in [2.45, 2.75) is 56.9 Å². The van der Waals surface area contributed by atoms with Crippen LogP contribution in [0.15, 0.2) is 12.4 Å². The molecule has 0 unspecified atom stereocenters. The van der Waals surface area contributed by atoms with Crippen molar-refractivity contribution < 1.29 is 4.79 Å². The van der Waals surface area contributed by atoms with E-state index in [1.54, 1.807) is 6.33 Å². The highest BCUT2D eigenvalue weighted by Crippen LogP contribution is 2.43. The van der Waals surface area contributed by atoms with Crippen molar-refractivity contribution >= 4 is 11.7 Å². The van der Waals surface area contributed by atoms with Crippen molar-refractivity contribution in [2.75, 3.05) is 18.0 Å². The van der Waals surface area contributed by atoms with E-state index in [0.29, 0.717) is 23.8 Å². The fourth-order valence-corrected chi connectivity index (χ4v) is 4.28. The lowest BCUT2D eigenvalue weighted by molar-refractivity contribution is -0.128. The Morgan fingerprint density at radius 3 is 2.58 bits per heavy atom. The first-order valence-corrected chi connectivity index (χ1v) is 9.65. The Morgan fingerprint density at radius 1 is 1.08 bits per heavy atom. The van der Waals surface area contributed by atoms with Crippen LogP contribution in [0.25, 0.3) is 0 Å². The van der Waals surface area contributed by atoms with E-state index in [-0.39, 0.29) is 5.92 Å². The van der Waals surface area contributed by atoms with Gasteiger partial charge in [-0.2, -0.15) is 0 Å². The monoisotopic (exact) mass is 326 g/mol. The lowest BCUT2D eigenvalue weighted by Crippen LogP contribution is -2.45. The molecule has 2 atom stereocenters. The Bertz CT molecular complexity index is 636. The molecule has 4 aliphatic rings. The summed E-state index contributed by atoms with van der Waals surface area (Å²) in [6, 6.07) is 2.47. The normalized spacial score (nSPS) is 30.2. The number of amides is 1. The minimum absolute atomic E-state index is 0.277. The predicted octanol–water partition coefficient (Wildman–Crippen LogP) is 2.49. The number of nitrogens with zero attached hydrogens (tertiary/aromatic N) is 3. The summed E-state index contributed by atoms with van der Waals surface area (Å²) in [5.74, 6) is 3.67. The van der Waals surface area contributed by atoms with Gasteiger partial charge >= 0.3 is 0 Å². The highest BCUT2D eigenvalue weighted by molar-refractivity contribution is 5.79. The summed E-state index contributed by atoms with van der Waals surface area (Å²) in [6.45, 7) is 1.93. The lowest BCUT2D eigenvalue weighted by atomic mass is 9.84. The first kappa shape index (κ1) is 14.7. The number of anilines is 1. The zero-order chi connectivity index (χ0) is 16.1. The van der Waals surface area contributed by atoms with Gasteiger partial charge in [0.05, 0.1) is 6.04 Å². The molecule has 3 saturated carbocycles. The molecule has 0 bridgehead atoms. The average Bonchev–Trinajstić information content (AvgIpc) is 3.43. The second kappa shape index (κ2) is 5.71. The standard InChI is InChI=1S/C19H26N4O/c24-19(14-2-1-3-14)22-17-10-23(9-15(17)12-4-5-12)18-8-16(13-6-7-13)20-11-21-18/h8,11-15,17H,1-7,9-10H2,(H,22,24)/t15-,17+/m1/s1. The van der Waals surface area contributed by atoms with Gasteiger partial charge in [-0.15, -0.1) is 0 Å². The summed E-state index contributed by atoms with van der Waals surface area (Å²) in [5.41, 5.74) is 1.20. The predicted molar refractivity (Wildman–Crippen MR) is 91.7 cm³/mol. The van der Waals surface area contributed by atoms with Gasteiger partial charge in [0.2, 0.25) is 5.91 Å². The zero-order valence-corrected chi connectivity index (χ0v) is 14.2. The second-order valence-corrected chi connectivity index (χ2v) is 8.22. The molecule has 24 heavy (non-hydrogen) atoms. The molecule has 0 aromatic carbocycles. The van der Waals surface area contributed by atoms with Gasteiger partial charge in [0.1, 0.15) is 12.1 Å². The van der Waals surface area contributed by atoms with Gasteiger partial charge in [0.15, 0.2) is 0 Å². The molecular formula is C19H26N4O. The molecule has 1 aromatic heterocycles. The molecule has 0 radical (unpaired) electrons. The molecule has 1 N–H and O–H groups in total. The van der Waals surface area contributed by atoms with E-state index in [1.165, 1.54) is 37.8 Å². The number of rotatable bonds is 5. The third-order valence-electron chi connectivity index (χ3n) is 6.39. The number of carbonyl (C=O) groups is 1. The van der Waals surface area contributed by atoms with Crippen molar-refractivity contribution in [2.24, 2.45) is 17.8 Å². The van der Waals surface area contributed by atoms with Gasteiger partial charge in [-0.05, 0) is 44.4 Å².